The predicted octanol–water partition coefficient (Wildman–Crippen LogP) is 1.19. The minimum atomic E-state index is -0.902. The number of rotatable bonds is 5. The first-order chi connectivity index (χ1) is 10.0. The monoisotopic (exact) mass is 308 g/mol. The fraction of sp³-hybridized carbons (Fsp3) is 0.562. The summed E-state index contributed by atoms with van der Waals surface area (Å²) < 4.78 is 11.3. The van der Waals surface area contributed by atoms with Gasteiger partial charge in [-0.1, -0.05) is 30.3 Å². The maximum atomic E-state index is 12.9. The van der Waals surface area contributed by atoms with Gasteiger partial charge in [-0.25, -0.2) is 0 Å². The third-order valence-corrected chi connectivity index (χ3v) is 5.05. The molecule has 5 heteroatoms. The van der Waals surface area contributed by atoms with E-state index in [1.807, 2.05) is 37.3 Å². The van der Waals surface area contributed by atoms with Crippen molar-refractivity contribution in [2.75, 3.05) is 25.1 Å². The van der Waals surface area contributed by atoms with E-state index < -0.39 is 16.2 Å². The SMILES string of the molecule is CC(CS(C)=O)NC(=O)C1(c2ccccc2)CCNCC1. The molecule has 0 bridgehead atoms. The van der Waals surface area contributed by atoms with Gasteiger partial charge in [0.25, 0.3) is 0 Å². The highest BCUT2D eigenvalue weighted by atomic mass is 32.2. The lowest BCUT2D eigenvalue weighted by atomic mass is 9.72. The molecule has 0 radical (unpaired) electrons. The highest BCUT2D eigenvalue weighted by molar-refractivity contribution is 7.84. The smallest absolute Gasteiger partial charge is 0.230 e. The summed E-state index contributed by atoms with van der Waals surface area (Å²) in [6.07, 6.45) is 3.26. The van der Waals surface area contributed by atoms with E-state index in [9.17, 15) is 9.00 Å². The molecular weight excluding hydrogens is 284 g/mol. The van der Waals surface area contributed by atoms with Crippen molar-refractivity contribution in [3.63, 3.8) is 0 Å². The van der Waals surface area contributed by atoms with Crippen molar-refractivity contribution in [2.45, 2.75) is 31.2 Å². The van der Waals surface area contributed by atoms with Crippen LogP contribution in [0.1, 0.15) is 25.3 Å². The minimum absolute atomic E-state index is 0.0631. The van der Waals surface area contributed by atoms with Crippen LogP contribution in [0.25, 0.3) is 0 Å². The van der Waals surface area contributed by atoms with Gasteiger partial charge in [-0.3, -0.25) is 9.00 Å². The molecule has 1 aliphatic rings. The molecule has 1 aromatic rings. The van der Waals surface area contributed by atoms with E-state index in [1.165, 1.54) is 0 Å². The Morgan fingerprint density at radius 3 is 2.52 bits per heavy atom. The number of hydrogen-bond donors (Lipinski definition) is 2. The zero-order valence-electron chi connectivity index (χ0n) is 12.7. The molecular formula is C16H24N2O2S. The maximum absolute atomic E-state index is 12.9. The molecule has 2 rings (SSSR count). The second-order valence-electron chi connectivity index (χ2n) is 5.81. The molecule has 2 unspecified atom stereocenters. The number of piperidine rings is 1. The lowest BCUT2D eigenvalue weighted by Crippen LogP contribution is -2.53. The van der Waals surface area contributed by atoms with E-state index in [0.717, 1.165) is 31.5 Å². The highest BCUT2D eigenvalue weighted by Gasteiger charge is 2.41. The van der Waals surface area contributed by atoms with Crippen LogP contribution in [0.2, 0.25) is 0 Å². The van der Waals surface area contributed by atoms with Gasteiger partial charge in [0.1, 0.15) is 0 Å². The largest absolute Gasteiger partial charge is 0.352 e. The summed E-state index contributed by atoms with van der Waals surface area (Å²) in [4.78, 5) is 12.9. The second-order valence-corrected chi connectivity index (χ2v) is 7.29. The molecule has 1 heterocycles. The standard InChI is InChI=1S/C16H24N2O2S/c1-13(12-21(2)20)18-15(19)16(8-10-17-11-9-16)14-6-4-3-5-7-14/h3-7,13,17H,8-12H2,1-2H3,(H,18,19). The molecule has 2 N–H and O–H groups in total. The van der Waals surface area contributed by atoms with Crippen molar-refractivity contribution in [1.29, 1.82) is 0 Å². The number of carbonyl (C=O) groups excluding carboxylic acids is 1. The summed E-state index contributed by atoms with van der Waals surface area (Å²) in [5, 5.41) is 6.38. The summed E-state index contributed by atoms with van der Waals surface area (Å²) in [6.45, 7) is 3.60. The minimum Gasteiger partial charge on any atom is -0.352 e. The molecule has 4 nitrogen and oxygen atoms in total. The van der Waals surface area contributed by atoms with Crippen molar-refractivity contribution in [3.8, 4) is 0 Å². The van der Waals surface area contributed by atoms with E-state index in [0.29, 0.717) is 5.75 Å². The molecule has 1 amide bonds. The van der Waals surface area contributed by atoms with E-state index in [2.05, 4.69) is 10.6 Å². The Kier molecular flexibility index (Phi) is 5.53. The third-order valence-electron chi connectivity index (χ3n) is 4.08. The Bertz CT molecular complexity index is 498. The third kappa shape index (κ3) is 3.92. The first-order valence-electron chi connectivity index (χ1n) is 7.42. The molecule has 1 saturated heterocycles. The molecule has 2 atom stereocenters. The Balaban J connectivity index is 2.20. The van der Waals surface area contributed by atoms with Gasteiger partial charge in [-0.2, -0.15) is 0 Å². The molecule has 1 aromatic carbocycles. The molecule has 0 spiro atoms. The summed E-state index contributed by atoms with van der Waals surface area (Å²) >= 11 is 0. The van der Waals surface area contributed by atoms with Crippen LogP contribution in [0.5, 0.6) is 0 Å². The lowest BCUT2D eigenvalue weighted by molar-refractivity contribution is -0.128. The van der Waals surface area contributed by atoms with Gasteiger partial charge in [0.15, 0.2) is 0 Å². The van der Waals surface area contributed by atoms with Crippen LogP contribution in [-0.2, 0) is 21.0 Å². The van der Waals surface area contributed by atoms with Crippen LogP contribution in [0, 0.1) is 0 Å². The average molecular weight is 308 g/mol. The van der Waals surface area contributed by atoms with Gasteiger partial charge in [0, 0.05) is 28.9 Å². The summed E-state index contributed by atoms with van der Waals surface area (Å²) in [7, 11) is -0.902. The zero-order chi connectivity index (χ0) is 15.3. The van der Waals surface area contributed by atoms with Gasteiger partial charge in [0.05, 0.1) is 5.41 Å². The van der Waals surface area contributed by atoms with Gasteiger partial charge in [-0.15, -0.1) is 0 Å². The first kappa shape index (κ1) is 16.2. The fourth-order valence-electron chi connectivity index (χ4n) is 3.01. The van der Waals surface area contributed by atoms with Crippen LogP contribution in [-0.4, -0.2) is 41.3 Å². The molecule has 116 valence electrons. The normalized spacial score (nSPS) is 20.5. The van der Waals surface area contributed by atoms with Gasteiger partial charge in [-0.05, 0) is 38.4 Å². The van der Waals surface area contributed by atoms with Crippen LogP contribution in [0.3, 0.4) is 0 Å². The summed E-state index contributed by atoms with van der Waals surface area (Å²) in [5.74, 6) is 0.558. The van der Waals surface area contributed by atoms with E-state index >= 15 is 0 Å². The topological polar surface area (TPSA) is 58.2 Å². The number of carbonyl (C=O) groups is 1. The quantitative estimate of drug-likeness (QED) is 0.859. The average Bonchev–Trinajstić information content (AvgIpc) is 2.48. The van der Waals surface area contributed by atoms with Gasteiger partial charge >= 0.3 is 0 Å². The molecule has 0 saturated carbocycles. The van der Waals surface area contributed by atoms with Gasteiger partial charge in [0.2, 0.25) is 5.91 Å². The molecule has 1 aliphatic heterocycles. The van der Waals surface area contributed by atoms with Crippen LogP contribution >= 0.6 is 0 Å². The van der Waals surface area contributed by atoms with E-state index in [-0.39, 0.29) is 11.9 Å². The fourth-order valence-corrected chi connectivity index (χ4v) is 3.80. The Labute approximate surface area is 129 Å². The Hall–Kier alpha value is -1.20. The van der Waals surface area contributed by atoms with Gasteiger partial charge < -0.3 is 10.6 Å². The Morgan fingerprint density at radius 2 is 1.95 bits per heavy atom. The summed E-state index contributed by atoms with van der Waals surface area (Å²) in [5.41, 5.74) is 0.615. The van der Waals surface area contributed by atoms with Crippen molar-refractivity contribution in [1.82, 2.24) is 10.6 Å². The number of hydrogen-bond acceptors (Lipinski definition) is 3. The number of nitrogens with one attached hydrogen (secondary N) is 2. The number of benzene rings is 1. The number of amides is 1. The van der Waals surface area contributed by atoms with E-state index in [1.54, 1.807) is 6.26 Å². The zero-order valence-corrected chi connectivity index (χ0v) is 13.5. The molecule has 21 heavy (non-hydrogen) atoms. The van der Waals surface area contributed by atoms with Crippen molar-refractivity contribution < 1.29 is 9.00 Å². The molecule has 0 aliphatic carbocycles. The van der Waals surface area contributed by atoms with Crippen molar-refractivity contribution >= 4 is 16.7 Å². The van der Waals surface area contributed by atoms with Crippen LogP contribution in [0.4, 0.5) is 0 Å². The Morgan fingerprint density at radius 1 is 1.33 bits per heavy atom. The van der Waals surface area contributed by atoms with Crippen LogP contribution < -0.4 is 10.6 Å². The van der Waals surface area contributed by atoms with Crippen molar-refractivity contribution in [3.05, 3.63) is 35.9 Å². The maximum Gasteiger partial charge on any atom is 0.230 e. The lowest BCUT2D eigenvalue weighted by Gasteiger charge is -2.37. The second kappa shape index (κ2) is 7.18. The van der Waals surface area contributed by atoms with E-state index in [4.69, 9.17) is 0 Å². The first-order valence-corrected chi connectivity index (χ1v) is 9.14. The predicted molar refractivity (Wildman–Crippen MR) is 86.8 cm³/mol. The molecule has 0 aromatic heterocycles. The molecule has 1 fully saturated rings. The summed E-state index contributed by atoms with van der Waals surface area (Å²) in [6, 6.07) is 9.94. The highest BCUT2D eigenvalue weighted by Crippen LogP contribution is 2.33. The van der Waals surface area contributed by atoms with Crippen LogP contribution in [0.15, 0.2) is 30.3 Å². The van der Waals surface area contributed by atoms with Crippen molar-refractivity contribution in [2.24, 2.45) is 0 Å².